The van der Waals surface area contributed by atoms with E-state index in [1.807, 2.05) is 42.5 Å². The molecule has 0 atom stereocenters. The molecule has 27 heavy (non-hydrogen) atoms. The van der Waals surface area contributed by atoms with Crippen LogP contribution in [-0.2, 0) is 0 Å². The molecule has 1 saturated heterocycles. The third-order valence-corrected chi connectivity index (χ3v) is 5.04. The summed E-state index contributed by atoms with van der Waals surface area (Å²) in [5.74, 6) is 1.09. The molecule has 7 heteroatoms. The zero-order valence-corrected chi connectivity index (χ0v) is 15.0. The SMILES string of the molecule is O=C(c1cc2ccccc2[nH]1)N1CC(c2nc(-c3cccc(Cl)c3)no2)C1. The van der Waals surface area contributed by atoms with Crippen molar-refractivity contribution in [3.05, 3.63) is 71.2 Å². The average molecular weight is 379 g/mol. The van der Waals surface area contributed by atoms with Gasteiger partial charge in [-0.2, -0.15) is 4.98 Å². The summed E-state index contributed by atoms with van der Waals surface area (Å²) in [4.78, 5) is 22.1. The maximum absolute atomic E-state index is 12.7. The number of nitrogens with zero attached hydrogens (tertiary/aromatic N) is 3. The van der Waals surface area contributed by atoms with E-state index in [1.165, 1.54) is 0 Å². The van der Waals surface area contributed by atoms with Crippen molar-refractivity contribution >= 4 is 28.4 Å². The third kappa shape index (κ3) is 2.88. The van der Waals surface area contributed by atoms with Gasteiger partial charge in [-0.05, 0) is 24.3 Å². The van der Waals surface area contributed by atoms with Gasteiger partial charge in [-0.25, -0.2) is 0 Å². The van der Waals surface area contributed by atoms with E-state index in [0.29, 0.717) is 35.5 Å². The number of halogens is 1. The van der Waals surface area contributed by atoms with Gasteiger partial charge in [0.15, 0.2) is 0 Å². The van der Waals surface area contributed by atoms with Gasteiger partial charge in [-0.1, -0.05) is 47.1 Å². The highest BCUT2D eigenvalue weighted by molar-refractivity contribution is 6.30. The Balaban J connectivity index is 1.28. The topological polar surface area (TPSA) is 75.0 Å². The number of nitrogens with one attached hydrogen (secondary N) is 1. The first kappa shape index (κ1) is 16.1. The molecular formula is C20H15ClN4O2. The predicted octanol–water partition coefficient (Wildman–Crippen LogP) is 4.11. The lowest BCUT2D eigenvalue weighted by Crippen LogP contribution is -2.48. The van der Waals surface area contributed by atoms with Crippen molar-refractivity contribution in [1.29, 1.82) is 0 Å². The second-order valence-electron chi connectivity index (χ2n) is 6.64. The summed E-state index contributed by atoms with van der Waals surface area (Å²) < 4.78 is 5.39. The zero-order chi connectivity index (χ0) is 18.4. The number of rotatable bonds is 3. The number of carbonyl (C=O) groups excluding carboxylic acids is 1. The summed E-state index contributed by atoms with van der Waals surface area (Å²) in [6, 6.07) is 17.0. The highest BCUT2D eigenvalue weighted by atomic mass is 35.5. The predicted molar refractivity (Wildman–Crippen MR) is 102 cm³/mol. The van der Waals surface area contributed by atoms with Gasteiger partial charge in [0.05, 0.1) is 5.92 Å². The second-order valence-corrected chi connectivity index (χ2v) is 7.08. The minimum absolute atomic E-state index is 0.0166. The van der Waals surface area contributed by atoms with Crippen LogP contribution < -0.4 is 0 Å². The van der Waals surface area contributed by atoms with E-state index in [1.54, 1.807) is 17.0 Å². The summed E-state index contributed by atoms with van der Waals surface area (Å²) in [6.07, 6.45) is 0. The summed E-state index contributed by atoms with van der Waals surface area (Å²) in [5.41, 5.74) is 2.36. The summed E-state index contributed by atoms with van der Waals surface area (Å²) >= 11 is 6.01. The molecule has 1 fully saturated rings. The van der Waals surface area contributed by atoms with Crippen molar-refractivity contribution in [2.24, 2.45) is 0 Å². The number of carbonyl (C=O) groups is 1. The molecule has 1 amide bonds. The lowest BCUT2D eigenvalue weighted by atomic mass is 9.99. The minimum Gasteiger partial charge on any atom is -0.351 e. The molecule has 6 nitrogen and oxygen atoms in total. The molecule has 0 aliphatic carbocycles. The lowest BCUT2D eigenvalue weighted by molar-refractivity contribution is 0.0564. The van der Waals surface area contributed by atoms with E-state index in [2.05, 4.69) is 15.1 Å². The van der Waals surface area contributed by atoms with Crippen molar-refractivity contribution in [2.75, 3.05) is 13.1 Å². The highest BCUT2D eigenvalue weighted by Crippen LogP contribution is 2.29. The van der Waals surface area contributed by atoms with Gasteiger partial charge in [-0.15, -0.1) is 0 Å². The molecule has 3 heterocycles. The molecule has 0 unspecified atom stereocenters. The fourth-order valence-corrected chi connectivity index (χ4v) is 3.50. The molecule has 0 spiro atoms. The quantitative estimate of drug-likeness (QED) is 0.582. The van der Waals surface area contributed by atoms with Crippen LogP contribution in [0, 0.1) is 0 Å². The number of aromatic amines is 1. The number of likely N-dealkylation sites (tertiary alicyclic amines) is 1. The Bertz CT molecular complexity index is 1110. The number of aromatic nitrogens is 3. The first-order chi connectivity index (χ1) is 13.2. The van der Waals surface area contributed by atoms with Crippen molar-refractivity contribution in [1.82, 2.24) is 20.0 Å². The standard InChI is InChI=1S/C20H15ClN4O2/c21-15-6-3-5-13(8-15)18-23-19(27-24-18)14-10-25(11-14)20(26)17-9-12-4-1-2-7-16(12)22-17/h1-9,14,22H,10-11H2. The Kier molecular flexibility index (Phi) is 3.72. The Morgan fingerprint density at radius 3 is 2.81 bits per heavy atom. The zero-order valence-electron chi connectivity index (χ0n) is 14.2. The van der Waals surface area contributed by atoms with Crippen LogP contribution in [0.15, 0.2) is 59.1 Å². The molecule has 1 aliphatic heterocycles. The highest BCUT2D eigenvalue weighted by Gasteiger charge is 2.36. The van der Waals surface area contributed by atoms with Gasteiger partial charge in [0.1, 0.15) is 5.69 Å². The summed E-state index contributed by atoms with van der Waals surface area (Å²) in [7, 11) is 0. The van der Waals surface area contributed by atoms with E-state index in [4.69, 9.17) is 16.1 Å². The normalized spacial score (nSPS) is 14.5. The molecule has 5 rings (SSSR count). The number of H-pyrrole nitrogens is 1. The van der Waals surface area contributed by atoms with E-state index < -0.39 is 0 Å². The third-order valence-electron chi connectivity index (χ3n) is 4.80. The number of hydrogen-bond donors (Lipinski definition) is 1. The number of hydrogen-bond acceptors (Lipinski definition) is 4. The summed E-state index contributed by atoms with van der Waals surface area (Å²) in [5, 5.41) is 5.68. The molecule has 0 radical (unpaired) electrons. The van der Waals surface area contributed by atoms with Gasteiger partial charge in [0, 0.05) is 34.6 Å². The molecule has 4 aromatic rings. The van der Waals surface area contributed by atoms with Crippen molar-refractivity contribution in [3.63, 3.8) is 0 Å². The Labute approximate surface area is 159 Å². The van der Waals surface area contributed by atoms with Crippen LogP contribution in [0.2, 0.25) is 5.02 Å². The van der Waals surface area contributed by atoms with E-state index in [-0.39, 0.29) is 11.8 Å². The fourth-order valence-electron chi connectivity index (χ4n) is 3.31. The first-order valence-corrected chi connectivity index (χ1v) is 9.02. The van der Waals surface area contributed by atoms with Crippen LogP contribution in [0.3, 0.4) is 0 Å². The van der Waals surface area contributed by atoms with Crippen LogP contribution in [0.5, 0.6) is 0 Å². The molecular weight excluding hydrogens is 364 g/mol. The smallest absolute Gasteiger partial charge is 0.270 e. The number of amides is 1. The maximum atomic E-state index is 12.7. The molecule has 0 saturated carbocycles. The second kappa shape index (κ2) is 6.25. The molecule has 0 bridgehead atoms. The Morgan fingerprint density at radius 2 is 2.00 bits per heavy atom. The number of fused-ring (bicyclic) bond motifs is 1. The monoisotopic (exact) mass is 378 g/mol. The van der Waals surface area contributed by atoms with Crippen LogP contribution in [0.1, 0.15) is 22.3 Å². The Hall–Kier alpha value is -3.12. The van der Waals surface area contributed by atoms with Crippen molar-refractivity contribution in [2.45, 2.75) is 5.92 Å². The molecule has 1 aliphatic rings. The lowest BCUT2D eigenvalue weighted by Gasteiger charge is -2.36. The maximum Gasteiger partial charge on any atom is 0.270 e. The van der Waals surface area contributed by atoms with E-state index in [0.717, 1.165) is 16.5 Å². The van der Waals surface area contributed by atoms with Gasteiger partial charge in [0.2, 0.25) is 11.7 Å². The van der Waals surface area contributed by atoms with Gasteiger partial charge < -0.3 is 14.4 Å². The summed E-state index contributed by atoms with van der Waals surface area (Å²) in [6.45, 7) is 1.12. The molecule has 1 N–H and O–H groups in total. The molecule has 2 aromatic heterocycles. The number of para-hydroxylation sites is 1. The molecule has 2 aromatic carbocycles. The largest absolute Gasteiger partial charge is 0.351 e. The van der Waals surface area contributed by atoms with Crippen LogP contribution in [0.4, 0.5) is 0 Å². The Morgan fingerprint density at radius 1 is 1.15 bits per heavy atom. The van der Waals surface area contributed by atoms with Crippen LogP contribution in [0.25, 0.3) is 22.3 Å². The first-order valence-electron chi connectivity index (χ1n) is 8.64. The van der Waals surface area contributed by atoms with Gasteiger partial charge in [0.25, 0.3) is 5.91 Å². The van der Waals surface area contributed by atoms with E-state index >= 15 is 0 Å². The van der Waals surface area contributed by atoms with Gasteiger partial charge >= 0.3 is 0 Å². The van der Waals surface area contributed by atoms with Crippen LogP contribution >= 0.6 is 11.6 Å². The average Bonchev–Trinajstić information content (AvgIpc) is 3.27. The van der Waals surface area contributed by atoms with Crippen molar-refractivity contribution in [3.8, 4) is 11.4 Å². The van der Waals surface area contributed by atoms with E-state index in [9.17, 15) is 4.79 Å². The van der Waals surface area contributed by atoms with Gasteiger partial charge in [-0.3, -0.25) is 4.79 Å². The van der Waals surface area contributed by atoms with Crippen LogP contribution in [-0.4, -0.2) is 39.0 Å². The number of benzene rings is 2. The van der Waals surface area contributed by atoms with Crippen molar-refractivity contribution < 1.29 is 9.32 Å². The molecule has 134 valence electrons. The fraction of sp³-hybridized carbons (Fsp3) is 0.150. The minimum atomic E-state index is -0.0166.